The molecular weight excluding hydrogens is 212 g/mol. The van der Waals surface area contributed by atoms with Gasteiger partial charge in [-0.3, -0.25) is 4.79 Å². The first-order valence-corrected chi connectivity index (χ1v) is 6.29. The van der Waals surface area contributed by atoms with Crippen molar-refractivity contribution in [3.8, 4) is 0 Å². The number of hydrogen-bond donors (Lipinski definition) is 1. The quantitative estimate of drug-likeness (QED) is 0.860. The van der Waals surface area contributed by atoms with Gasteiger partial charge in [-0.25, -0.2) is 0 Å². The van der Waals surface area contributed by atoms with Gasteiger partial charge in [-0.1, -0.05) is 30.3 Å². The molecule has 0 bridgehead atoms. The first-order chi connectivity index (χ1) is 8.20. The molecule has 1 amide bonds. The standard InChI is InChI=1S/C14H20N2O/c1-2-16(10-11-6-4-3-5-7-11)14(17)12-8-13(15)9-12/h3-7,12-13H,2,8-10,15H2,1H3. The van der Waals surface area contributed by atoms with Crippen LogP contribution in [-0.4, -0.2) is 23.4 Å². The summed E-state index contributed by atoms with van der Waals surface area (Å²) in [5, 5.41) is 0. The van der Waals surface area contributed by atoms with E-state index in [1.165, 1.54) is 5.56 Å². The highest BCUT2D eigenvalue weighted by atomic mass is 16.2. The van der Waals surface area contributed by atoms with Crippen molar-refractivity contribution in [1.29, 1.82) is 0 Å². The fourth-order valence-corrected chi connectivity index (χ4v) is 2.27. The fourth-order valence-electron chi connectivity index (χ4n) is 2.27. The van der Waals surface area contributed by atoms with Crippen LogP contribution >= 0.6 is 0 Å². The van der Waals surface area contributed by atoms with E-state index in [0.29, 0.717) is 6.54 Å². The van der Waals surface area contributed by atoms with Crippen LogP contribution in [0.4, 0.5) is 0 Å². The van der Waals surface area contributed by atoms with Gasteiger partial charge in [-0.05, 0) is 25.3 Å². The van der Waals surface area contributed by atoms with E-state index in [4.69, 9.17) is 5.73 Å². The Labute approximate surface area is 103 Å². The highest BCUT2D eigenvalue weighted by Gasteiger charge is 2.34. The van der Waals surface area contributed by atoms with E-state index in [9.17, 15) is 4.79 Å². The smallest absolute Gasteiger partial charge is 0.226 e. The van der Waals surface area contributed by atoms with E-state index < -0.39 is 0 Å². The first kappa shape index (κ1) is 12.1. The van der Waals surface area contributed by atoms with Gasteiger partial charge in [0.1, 0.15) is 0 Å². The summed E-state index contributed by atoms with van der Waals surface area (Å²) in [6.07, 6.45) is 1.70. The monoisotopic (exact) mass is 232 g/mol. The molecular formula is C14H20N2O. The minimum Gasteiger partial charge on any atom is -0.338 e. The van der Waals surface area contributed by atoms with Gasteiger partial charge >= 0.3 is 0 Å². The lowest BCUT2D eigenvalue weighted by atomic mass is 9.80. The summed E-state index contributed by atoms with van der Waals surface area (Å²) in [7, 11) is 0. The molecule has 2 rings (SSSR count). The highest BCUT2D eigenvalue weighted by Crippen LogP contribution is 2.27. The number of amides is 1. The maximum absolute atomic E-state index is 12.2. The molecule has 1 aromatic rings. The first-order valence-electron chi connectivity index (χ1n) is 6.29. The third-order valence-corrected chi connectivity index (χ3v) is 3.43. The van der Waals surface area contributed by atoms with Gasteiger partial charge < -0.3 is 10.6 Å². The zero-order valence-electron chi connectivity index (χ0n) is 10.3. The normalized spacial score (nSPS) is 22.9. The fraction of sp³-hybridized carbons (Fsp3) is 0.500. The summed E-state index contributed by atoms with van der Waals surface area (Å²) in [6, 6.07) is 10.4. The lowest BCUT2D eigenvalue weighted by molar-refractivity contribution is -0.139. The van der Waals surface area contributed by atoms with E-state index in [2.05, 4.69) is 12.1 Å². The SMILES string of the molecule is CCN(Cc1ccccc1)C(=O)C1CC(N)C1. The number of rotatable bonds is 4. The molecule has 1 aliphatic rings. The van der Waals surface area contributed by atoms with Gasteiger partial charge in [-0.2, -0.15) is 0 Å². The summed E-state index contributed by atoms with van der Waals surface area (Å²) in [5.41, 5.74) is 6.92. The van der Waals surface area contributed by atoms with Gasteiger partial charge in [0, 0.05) is 25.0 Å². The number of carbonyl (C=O) groups excluding carboxylic acids is 1. The molecule has 92 valence electrons. The molecule has 0 heterocycles. The van der Waals surface area contributed by atoms with Crippen LogP contribution in [0.2, 0.25) is 0 Å². The average molecular weight is 232 g/mol. The van der Waals surface area contributed by atoms with Crippen LogP contribution in [0.15, 0.2) is 30.3 Å². The van der Waals surface area contributed by atoms with Gasteiger partial charge in [0.2, 0.25) is 5.91 Å². The van der Waals surface area contributed by atoms with Crippen LogP contribution in [-0.2, 0) is 11.3 Å². The summed E-state index contributed by atoms with van der Waals surface area (Å²) < 4.78 is 0. The zero-order chi connectivity index (χ0) is 12.3. The molecule has 0 aliphatic heterocycles. The van der Waals surface area contributed by atoms with Crippen molar-refractivity contribution in [2.24, 2.45) is 11.7 Å². The number of nitrogens with two attached hydrogens (primary N) is 1. The Balaban J connectivity index is 1.95. The molecule has 0 saturated heterocycles. The Morgan fingerprint density at radius 3 is 2.53 bits per heavy atom. The van der Waals surface area contributed by atoms with Gasteiger partial charge in [0.15, 0.2) is 0 Å². The number of hydrogen-bond acceptors (Lipinski definition) is 2. The Bertz CT molecular complexity index is 371. The molecule has 3 nitrogen and oxygen atoms in total. The van der Waals surface area contributed by atoms with Crippen LogP contribution in [0.25, 0.3) is 0 Å². The van der Waals surface area contributed by atoms with Crippen LogP contribution in [0, 0.1) is 5.92 Å². The molecule has 0 radical (unpaired) electrons. The number of benzene rings is 1. The van der Waals surface area contributed by atoms with E-state index >= 15 is 0 Å². The summed E-state index contributed by atoms with van der Waals surface area (Å²) in [4.78, 5) is 14.1. The van der Waals surface area contributed by atoms with Crippen molar-refractivity contribution in [3.05, 3.63) is 35.9 Å². The van der Waals surface area contributed by atoms with E-state index in [1.807, 2.05) is 30.0 Å². The molecule has 0 unspecified atom stereocenters. The van der Waals surface area contributed by atoms with Crippen molar-refractivity contribution in [1.82, 2.24) is 4.90 Å². The third-order valence-electron chi connectivity index (χ3n) is 3.43. The Morgan fingerprint density at radius 1 is 1.35 bits per heavy atom. The van der Waals surface area contributed by atoms with Crippen LogP contribution in [0.3, 0.4) is 0 Å². The summed E-state index contributed by atoms with van der Waals surface area (Å²) >= 11 is 0. The third kappa shape index (κ3) is 2.86. The van der Waals surface area contributed by atoms with Crippen molar-refractivity contribution in [3.63, 3.8) is 0 Å². The molecule has 0 atom stereocenters. The predicted octanol–water partition coefficient (Wildman–Crippen LogP) is 1.77. The number of nitrogens with zero attached hydrogens (tertiary/aromatic N) is 1. The van der Waals surface area contributed by atoms with Crippen molar-refractivity contribution in [2.75, 3.05) is 6.54 Å². The second-order valence-electron chi connectivity index (χ2n) is 4.77. The molecule has 1 aliphatic carbocycles. The molecule has 17 heavy (non-hydrogen) atoms. The van der Waals surface area contributed by atoms with Crippen molar-refractivity contribution < 1.29 is 4.79 Å². The van der Waals surface area contributed by atoms with E-state index in [-0.39, 0.29) is 17.9 Å². The summed E-state index contributed by atoms with van der Waals surface area (Å²) in [6.45, 7) is 3.50. The molecule has 0 spiro atoms. The van der Waals surface area contributed by atoms with E-state index in [0.717, 1.165) is 19.4 Å². The van der Waals surface area contributed by atoms with E-state index in [1.54, 1.807) is 0 Å². The molecule has 2 N–H and O–H groups in total. The Morgan fingerprint density at radius 2 is 2.00 bits per heavy atom. The Kier molecular flexibility index (Phi) is 3.79. The second kappa shape index (κ2) is 5.32. The largest absolute Gasteiger partial charge is 0.338 e. The molecule has 1 saturated carbocycles. The van der Waals surface area contributed by atoms with Crippen LogP contribution < -0.4 is 5.73 Å². The van der Waals surface area contributed by atoms with Gasteiger partial charge in [0.05, 0.1) is 0 Å². The van der Waals surface area contributed by atoms with Gasteiger partial charge in [0.25, 0.3) is 0 Å². The maximum atomic E-state index is 12.2. The molecule has 1 aromatic carbocycles. The maximum Gasteiger partial charge on any atom is 0.226 e. The lowest BCUT2D eigenvalue weighted by Crippen LogP contribution is -2.46. The number of carbonyl (C=O) groups is 1. The van der Waals surface area contributed by atoms with Gasteiger partial charge in [-0.15, -0.1) is 0 Å². The minimum absolute atomic E-state index is 0.161. The molecule has 0 aromatic heterocycles. The minimum atomic E-state index is 0.161. The molecule has 3 heteroatoms. The second-order valence-corrected chi connectivity index (χ2v) is 4.77. The predicted molar refractivity (Wildman–Crippen MR) is 68.2 cm³/mol. The van der Waals surface area contributed by atoms with Crippen LogP contribution in [0.5, 0.6) is 0 Å². The average Bonchev–Trinajstić information content (AvgIpc) is 2.32. The summed E-state index contributed by atoms with van der Waals surface area (Å²) in [5.74, 6) is 0.423. The lowest BCUT2D eigenvalue weighted by Gasteiger charge is -2.35. The van der Waals surface area contributed by atoms with Crippen molar-refractivity contribution >= 4 is 5.91 Å². The topological polar surface area (TPSA) is 46.3 Å². The van der Waals surface area contributed by atoms with Crippen molar-refractivity contribution in [2.45, 2.75) is 32.4 Å². The Hall–Kier alpha value is -1.35. The zero-order valence-corrected chi connectivity index (χ0v) is 10.3. The highest BCUT2D eigenvalue weighted by molar-refractivity contribution is 5.79. The van der Waals surface area contributed by atoms with Crippen LogP contribution in [0.1, 0.15) is 25.3 Å². The molecule has 1 fully saturated rings.